The molecule has 2 aliphatic heterocycles. The second-order valence-corrected chi connectivity index (χ2v) is 10.2. The van der Waals surface area contributed by atoms with Crippen molar-refractivity contribution in [3.8, 4) is 0 Å². The lowest BCUT2D eigenvalue weighted by atomic mass is 9.52. The van der Waals surface area contributed by atoms with Gasteiger partial charge in [0.25, 0.3) is 0 Å². The fraction of sp³-hybridized carbons (Fsp3) is 0.952. The van der Waals surface area contributed by atoms with Crippen molar-refractivity contribution < 1.29 is 44.5 Å². The first-order chi connectivity index (χ1) is 14.0. The van der Waals surface area contributed by atoms with E-state index in [1.807, 2.05) is 20.8 Å². The summed E-state index contributed by atoms with van der Waals surface area (Å²) < 4.78 is 17.4. The van der Waals surface area contributed by atoms with Crippen LogP contribution in [0, 0.1) is 17.3 Å². The Morgan fingerprint density at radius 2 is 1.80 bits per heavy atom. The summed E-state index contributed by atoms with van der Waals surface area (Å²) in [5, 5.41) is 50.5. The van der Waals surface area contributed by atoms with Crippen molar-refractivity contribution in [2.24, 2.45) is 17.3 Å². The number of aliphatic hydroxyl groups is 5. The van der Waals surface area contributed by atoms with Gasteiger partial charge in [-0.25, -0.2) is 0 Å². The topological polar surface area (TPSA) is 146 Å². The fourth-order valence-electron chi connectivity index (χ4n) is 6.25. The quantitative estimate of drug-likeness (QED) is 0.371. The van der Waals surface area contributed by atoms with Crippen LogP contribution in [-0.4, -0.2) is 86.1 Å². The number of hydrogen-bond acceptors (Lipinski definition) is 9. The highest BCUT2D eigenvalue weighted by molar-refractivity contribution is 5.82. The van der Waals surface area contributed by atoms with Gasteiger partial charge in [-0.15, -0.1) is 0 Å². The van der Waals surface area contributed by atoms with Crippen molar-refractivity contribution in [3.05, 3.63) is 0 Å². The molecule has 4 aliphatic rings. The molecule has 0 spiro atoms. The van der Waals surface area contributed by atoms with E-state index in [1.54, 1.807) is 0 Å². The summed E-state index contributed by atoms with van der Waals surface area (Å²) in [7, 11) is 0. The fourth-order valence-corrected chi connectivity index (χ4v) is 6.25. The van der Waals surface area contributed by atoms with E-state index in [2.05, 4.69) is 0 Å². The first kappa shape index (κ1) is 22.4. The molecule has 0 aromatic heterocycles. The lowest BCUT2D eigenvalue weighted by Gasteiger charge is -2.52. The van der Waals surface area contributed by atoms with E-state index >= 15 is 0 Å². The maximum Gasteiger partial charge on any atom is 0.315 e. The zero-order chi connectivity index (χ0) is 22.1. The van der Waals surface area contributed by atoms with Gasteiger partial charge in [0.2, 0.25) is 0 Å². The first-order valence-electron chi connectivity index (χ1n) is 10.9. The minimum Gasteiger partial charge on any atom is -0.459 e. The molecule has 30 heavy (non-hydrogen) atoms. The summed E-state index contributed by atoms with van der Waals surface area (Å²) in [6.07, 6.45) is -4.45. The maximum atomic E-state index is 12.7. The Labute approximate surface area is 175 Å². The highest BCUT2D eigenvalue weighted by Gasteiger charge is 2.70. The third-order valence-electron chi connectivity index (χ3n) is 8.25. The van der Waals surface area contributed by atoms with Gasteiger partial charge in [-0.05, 0) is 58.8 Å². The van der Waals surface area contributed by atoms with Crippen LogP contribution in [0.4, 0.5) is 0 Å². The molecule has 2 aliphatic carbocycles. The zero-order valence-corrected chi connectivity index (χ0v) is 17.7. The second-order valence-electron chi connectivity index (χ2n) is 10.2. The van der Waals surface area contributed by atoms with E-state index in [-0.39, 0.29) is 17.8 Å². The van der Waals surface area contributed by atoms with Gasteiger partial charge in [0.1, 0.15) is 35.4 Å². The van der Waals surface area contributed by atoms with Crippen LogP contribution in [-0.2, 0) is 19.0 Å². The molecule has 4 fully saturated rings. The molecule has 10 atom stereocenters. The maximum absolute atomic E-state index is 12.7. The van der Waals surface area contributed by atoms with Crippen LogP contribution in [0.1, 0.15) is 52.9 Å². The number of carbonyl (C=O) groups excluding carboxylic acids is 1. The predicted molar refractivity (Wildman–Crippen MR) is 102 cm³/mol. The van der Waals surface area contributed by atoms with E-state index in [9.17, 15) is 30.3 Å². The van der Waals surface area contributed by atoms with Crippen LogP contribution in [0.3, 0.4) is 0 Å². The number of aliphatic hydroxyl groups excluding tert-OH is 5. The van der Waals surface area contributed by atoms with E-state index in [1.165, 1.54) is 0 Å². The molecule has 2 bridgehead atoms. The molecule has 5 N–H and O–H groups in total. The zero-order valence-electron chi connectivity index (χ0n) is 17.7. The Morgan fingerprint density at radius 3 is 2.47 bits per heavy atom. The number of ether oxygens (including phenoxy) is 3. The second kappa shape index (κ2) is 7.37. The molecule has 2 saturated carbocycles. The third kappa shape index (κ3) is 3.13. The Bertz CT molecular complexity index is 681. The van der Waals surface area contributed by atoms with Gasteiger partial charge in [0.15, 0.2) is 6.29 Å². The van der Waals surface area contributed by atoms with Crippen LogP contribution in [0.2, 0.25) is 0 Å². The number of hydrogen-bond donors (Lipinski definition) is 5. The van der Waals surface area contributed by atoms with Crippen LogP contribution < -0.4 is 0 Å². The average Bonchev–Trinajstić information content (AvgIpc) is 2.88. The van der Waals surface area contributed by atoms with Crippen molar-refractivity contribution in [1.29, 1.82) is 0 Å². The minimum atomic E-state index is -1.50. The van der Waals surface area contributed by atoms with Gasteiger partial charge in [-0.2, -0.15) is 0 Å². The Kier molecular flexibility index (Phi) is 5.50. The van der Waals surface area contributed by atoms with E-state index in [0.29, 0.717) is 32.1 Å². The van der Waals surface area contributed by atoms with Crippen molar-refractivity contribution in [1.82, 2.24) is 0 Å². The summed E-state index contributed by atoms with van der Waals surface area (Å²) in [6, 6.07) is 0. The third-order valence-corrected chi connectivity index (χ3v) is 8.25. The Balaban J connectivity index is 1.52. The SMILES string of the molecule is CC(C)(O[C@@H]1O[C@H](CO)[C@@H](O)[C@H](O)[C@H]1O)[C@@H]1CC[C@]23C(=O)O[C@](C)(CC[C@@H]2O)[C@H]3C1. The molecular weight excluding hydrogens is 396 g/mol. The average molecular weight is 430 g/mol. The van der Waals surface area contributed by atoms with E-state index in [0.717, 1.165) is 0 Å². The molecule has 0 unspecified atom stereocenters. The monoisotopic (exact) mass is 430 g/mol. The lowest BCUT2D eigenvalue weighted by Crippen LogP contribution is -2.61. The molecule has 2 heterocycles. The summed E-state index contributed by atoms with van der Waals surface area (Å²) >= 11 is 0. The van der Waals surface area contributed by atoms with Gasteiger partial charge in [-0.1, -0.05) is 0 Å². The van der Waals surface area contributed by atoms with E-state index in [4.69, 9.17) is 14.2 Å². The van der Waals surface area contributed by atoms with Gasteiger partial charge in [-0.3, -0.25) is 4.79 Å². The molecule has 172 valence electrons. The highest BCUT2D eigenvalue weighted by atomic mass is 16.7. The van der Waals surface area contributed by atoms with Crippen LogP contribution in [0.15, 0.2) is 0 Å². The Morgan fingerprint density at radius 1 is 1.10 bits per heavy atom. The van der Waals surface area contributed by atoms with Gasteiger partial charge in [0.05, 0.1) is 18.3 Å². The molecular formula is C21H34O9. The molecule has 2 saturated heterocycles. The lowest BCUT2D eigenvalue weighted by molar-refractivity contribution is -0.330. The predicted octanol–water partition coefficient (Wildman–Crippen LogP) is -0.546. The number of esters is 1. The summed E-state index contributed by atoms with van der Waals surface area (Å²) in [5.74, 6) is -0.439. The smallest absolute Gasteiger partial charge is 0.315 e. The van der Waals surface area contributed by atoms with Crippen molar-refractivity contribution in [2.45, 2.75) is 101 Å². The first-order valence-corrected chi connectivity index (χ1v) is 10.9. The van der Waals surface area contributed by atoms with Crippen LogP contribution in [0.25, 0.3) is 0 Å². The number of rotatable bonds is 4. The molecule has 0 aromatic carbocycles. The summed E-state index contributed by atoms with van der Waals surface area (Å²) in [4.78, 5) is 12.7. The highest BCUT2D eigenvalue weighted by Crippen LogP contribution is 2.63. The van der Waals surface area contributed by atoms with E-state index < -0.39 is 60.0 Å². The number of carbonyl (C=O) groups is 1. The molecule has 4 rings (SSSR count). The Hall–Kier alpha value is -0.810. The largest absolute Gasteiger partial charge is 0.459 e. The molecule has 0 amide bonds. The molecule has 9 nitrogen and oxygen atoms in total. The summed E-state index contributed by atoms with van der Waals surface area (Å²) in [6.45, 7) is 5.15. The standard InChI is InChI=1S/C21H34O9/c1-19(2,29-17-16(26)15(25)14(24)11(9-22)28-17)10-4-7-21-12(8-10)20(3,30-18(21)27)6-5-13(21)23/h10-17,22-26H,4-9H2,1-3H3/t10-,11-,12-,13+,14-,15+,16-,17+,20-,21-/m1/s1. The van der Waals surface area contributed by atoms with Gasteiger partial charge in [0, 0.05) is 5.92 Å². The molecule has 0 aromatic rings. The van der Waals surface area contributed by atoms with Crippen molar-refractivity contribution in [2.75, 3.05) is 6.61 Å². The van der Waals surface area contributed by atoms with Gasteiger partial charge < -0.3 is 39.7 Å². The summed E-state index contributed by atoms with van der Waals surface area (Å²) in [5.41, 5.74) is -2.26. The minimum absolute atomic E-state index is 0.0119. The molecule has 9 heteroatoms. The van der Waals surface area contributed by atoms with Crippen molar-refractivity contribution >= 4 is 5.97 Å². The van der Waals surface area contributed by atoms with Gasteiger partial charge >= 0.3 is 5.97 Å². The van der Waals surface area contributed by atoms with Crippen LogP contribution >= 0.6 is 0 Å². The van der Waals surface area contributed by atoms with Crippen molar-refractivity contribution in [3.63, 3.8) is 0 Å². The molecule has 0 radical (unpaired) electrons. The van der Waals surface area contributed by atoms with Crippen LogP contribution in [0.5, 0.6) is 0 Å². The normalized spacial score (nSPS) is 51.4.